The number of fused-ring (bicyclic) bond motifs is 2. The number of para-hydroxylation sites is 1. The SMILES string of the molecule is Cc1ccccc1-c1c(NC(=O)Nc2c(C(C)C)cccc2C(C)C)sc2cc3c(cc12)CCC3. The van der Waals surface area contributed by atoms with Crippen molar-refractivity contribution in [3.05, 3.63) is 82.4 Å². The van der Waals surface area contributed by atoms with E-state index in [0.29, 0.717) is 11.8 Å². The van der Waals surface area contributed by atoms with Gasteiger partial charge in [-0.1, -0.05) is 70.2 Å². The van der Waals surface area contributed by atoms with Crippen LogP contribution in [0.4, 0.5) is 15.5 Å². The Bertz CT molecular complexity index is 1390. The van der Waals surface area contributed by atoms with Crippen LogP contribution in [0.25, 0.3) is 21.2 Å². The number of carbonyl (C=O) groups is 1. The van der Waals surface area contributed by atoms with Crippen LogP contribution in [0.15, 0.2) is 54.6 Å². The lowest BCUT2D eigenvalue weighted by atomic mass is 9.93. The van der Waals surface area contributed by atoms with Crippen LogP contribution in [0.3, 0.4) is 0 Å². The number of benzene rings is 3. The molecule has 35 heavy (non-hydrogen) atoms. The van der Waals surface area contributed by atoms with Gasteiger partial charge in [0, 0.05) is 21.3 Å². The predicted molar refractivity (Wildman–Crippen MR) is 151 cm³/mol. The molecule has 1 aliphatic carbocycles. The Hall–Kier alpha value is -3.11. The molecule has 4 aromatic rings. The summed E-state index contributed by atoms with van der Waals surface area (Å²) in [4.78, 5) is 13.5. The molecule has 0 spiro atoms. The van der Waals surface area contributed by atoms with Gasteiger partial charge in [-0.05, 0) is 83.5 Å². The summed E-state index contributed by atoms with van der Waals surface area (Å²) in [6.07, 6.45) is 3.52. The number of hydrogen-bond donors (Lipinski definition) is 2. The third-order valence-corrected chi connectivity index (χ3v) is 8.22. The summed E-state index contributed by atoms with van der Waals surface area (Å²) < 4.78 is 1.24. The molecule has 2 amide bonds. The molecule has 3 nitrogen and oxygen atoms in total. The second-order valence-corrected chi connectivity index (χ2v) is 11.3. The van der Waals surface area contributed by atoms with E-state index in [4.69, 9.17) is 0 Å². The van der Waals surface area contributed by atoms with E-state index in [0.717, 1.165) is 29.1 Å². The smallest absolute Gasteiger partial charge is 0.307 e. The molecule has 4 heteroatoms. The Morgan fingerprint density at radius 1 is 0.857 bits per heavy atom. The van der Waals surface area contributed by atoms with Crippen molar-refractivity contribution in [2.24, 2.45) is 0 Å². The van der Waals surface area contributed by atoms with Crippen LogP contribution in [0.5, 0.6) is 0 Å². The lowest BCUT2D eigenvalue weighted by Gasteiger charge is -2.20. The summed E-state index contributed by atoms with van der Waals surface area (Å²) in [5, 5.41) is 8.63. The van der Waals surface area contributed by atoms with Crippen molar-refractivity contribution in [1.82, 2.24) is 0 Å². The highest BCUT2D eigenvalue weighted by Gasteiger charge is 2.22. The van der Waals surface area contributed by atoms with Crippen LogP contribution >= 0.6 is 11.3 Å². The summed E-state index contributed by atoms with van der Waals surface area (Å²) in [6, 6.07) is 19.3. The van der Waals surface area contributed by atoms with Gasteiger partial charge in [-0.15, -0.1) is 11.3 Å². The molecule has 0 aliphatic heterocycles. The van der Waals surface area contributed by atoms with Crippen molar-refractivity contribution in [1.29, 1.82) is 0 Å². The lowest BCUT2D eigenvalue weighted by molar-refractivity contribution is 0.262. The number of hydrogen-bond acceptors (Lipinski definition) is 2. The van der Waals surface area contributed by atoms with Crippen LogP contribution < -0.4 is 10.6 Å². The molecular formula is C31H34N2OS. The Labute approximate surface area is 212 Å². The average molecular weight is 483 g/mol. The zero-order valence-corrected chi connectivity index (χ0v) is 22.1. The minimum atomic E-state index is -0.186. The molecule has 0 unspecified atom stereocenters. The first-order chi connectivity index (χ1) is 16.8. The summed E-state index contributed by atoms with van der Waals surface area (Å²) in [7, 11) is 0. The number of aryl methyl sites for hydroxylation is 3. The standard InChI is InChI=1S/C31H34N2OS/c1-18(2)23-14-9-15-24(19(3)4)29(23)32-31(34)33-30-28(25-13-7-6-10-20(25)5)26-16-21-11-8-12-22(21)17-27(26)35-30/h6-7,9-10,13-19H,8,11-12H2,1-5H3,(H2,32,33,34). The number of anilines is 2. The van der Waals surface area contributed by atoms with Crippen LogP contribution in [0, 0.1) is 6.92 Å². The van der Waals surface area contributed by atoms with Gasteiger partial charge in [0.1, 0.15) is 5.00 Å². The van der Waals surface area contributed by atoms with Crippen molar-refractivity contribution >= 4 is 38.1 Å². The highest BCUT2D eigenvalue weighted by atomic mass is 32.1. The molecule has 2 N–H and O–H groups in total. The van der Waals surface area contributed by atoms with E-state index in [1.165, 1.54) is 49.9 Å². The van der Waals surface area contributed by atoms with Crippen LogP contribution in [0.2, 0.25) is 0 Å². The summed E-state index contributed by atoms with van der Waals surface area (Å²) in [5.41, 5.74) is 9.70. The van der Waals surface area contributed by atoms with Gasteiger partial charge in [-0.3, -0.25) is 5.32 Å². The number of rotatable bonds is 5. The molecule has 0 saturated carbocycles. The Morgan fingerprint density at radius 3 is 2.17 bits per heavy atom. The zero-order valence-electron chi connectivity index (χ0n) is 21.3. The quantitative estimate of drug-likeness (QED) is 0.292. The van der Waals surface area contributed by atoms with E-state index < -0.39 is 0 Å². The van der Waals surface area contributed by atoms with E-state index in [-0.39, 0.29) is 6.03 Å². The molecule has 1 aliphatic rings. The number of carbonyl (C=O) groups excluding carboxylic acids is 1. The van der Waals surface area contributed by atoms with Gasteiger partial charge in [0.2, 0.25) is 0 Å². The molecule has 0 bridgehead atoms. The van der Waals surface area contributed by atoms with Gasteiger partial charge in [-0.2, -0.15) is 0 Å². The Balaban J connectivity index is 1.57. The largest absolute Gasteiger partial charge is 0.324 e. The molecule has 180 valence electrons. The van der Waals surface area contributed by atoms with Crippen LogP contribution in [-0.4, -0.2) is 6.03 Å². The minimum absolute atomic E-state index is 0.186. The highest BCUT2D eigenvalue weighted by Crippen LogP contribution is 2.46. The minimum Gasteiger partial charge on any atom is -0.307 e. The number of amides is 2. The fraction of sp³-hybridized carbons (Fsp3) is 0.323. The number of nitrogens with one attached hydrogen (secondary N) is 2. The molecular weight excluding hydrogens is 448 g/mol. The van der Waals surface area contributed by atoms with E-state index in [2.05, 4.69) is 99.8 Å². The summed E-state index contributed by atoms with van der Waals surface area (Å²) in [5.74, 6) is 0.636. The van der Waals surface area contributed by atoms with Gasteiger partial charge in [-0.25, -0.2) is 4.79 Å². The molecule has 0 radical (unpaired) electrons. The first kappa shape index (κ1) is 23.6. The predicted octanol–water partition coefficient (Wildman–Crippen LogP) is 9.26. The Morgan fingerprint density at radius 2 is 1.51 bits per heavy atom. The van der Waals surface area contributed by atoms with E-state index in [1.54, 1.807) is 11.3 Å². The van der Waals surface area contributed by atoms with Gasteiger partial charge < -0.3 is 5.32 Å². The van der Waals surface area contributed by atoms with E-state index >= 15 is 0 Å². The fourth-order valence-electron chi connectivity index (χ4n) is 5.32. The Kier molecular flexibility index (Phi) is 6.41. The molecule has 1 heterocycles. The van der Waals surface area contributed by atoms with Crippen molar-refractivity contribution in [3.63, 3.8) is 0 Å². The average Bonchev–Trinajstić information content (AvgIpc) is 3.40. The summed E-state index contributed by atoms with van der Waals surface area (Å²) >= 11 is 1.68. The van der Waals surface area contributed by atoms with Gasteiger partial charge in [0.15, 0.2) is 0 Å². The van der Waals surface area contributed by atoms with Gasteiger partial charge >= 0.3 is 6.03 Å². The second kappa shape index (κ2) is 9.50. The van der Waals surface area contributed by atoms with Crippen molar-refractivity contribution in [2.45, 2.75) is 65.7 Å². The fourth-order valence-corrected chi connectivity index (χ4v) is 6.47. The van der Waals surface area contributed by atoms with Crippen LogP contribution in [-0.2, 0) is 12.8 Å². The molecule has 5 rings (SSSR count). The number of urea groups is 1. The highest BCUT2D eigenvalue weighted by molar-refractivity contribution is 7.23. The maximum Gasteiger partial charge on any atom is 0.324 e. The first-order valence-electron chi connectivity index (χ1n) is 12.7. The molecule has 0 saturated heterocycles. The molecule has 0 atom stereocenters. The maximum atomic E-state index is 13.5. The molecule has 3 aromatic carbocycles. The van der Waals surface area contributed by atoms with Crippen molar-refractivity contribution in [3.8, 4) is 11.1 Å². The van der Waals surface area contributed by atoms with E-state index in [9.17, 15) is 4.79 Å². The van der Waals surface area contributed by atoms with Crippen molar-refractivity contribution < 1.29 is 4.79 Å². The maximum absolute atomic E-state index is 13.5. The monoisotopic (exact) mass is 482 g/mol. The molecule has 1 aromatic heterocycles. The van der Waals surface area contributed by atoms with Gasteiger partial charge in [0.05, 0.1) is 0 Å². The van der Waals surface area contributed by atoms with Crippen LogP contribution in [0.1, 0.15) is 73.8 Å². The third-order valence-electron chi connectivity index (χ3n) is 7.16. The second-order valence-electron chi connectivity index (χ2n) is 10.3. The van der Waals surface area contributed by atoms with Gasteiger partial charge in [0.25, 0.3) is 0 Å². The third kappa shape index (κ3) is 4.48. The number of thiophene rings is 1. The lowest BCUT2D eigenvalue weighted by Crippen LogP contribution is -2.21. The molecule has 0 fully saturated rings. The normalized spacial score (nSPS) is 13.0. The topological polar surface area (TPSA) is 41.1 Å². The zero-order chi connectivity index (χ0) is 24.7. The van der Waals surface area contributed by atoms with E-state index in [1.807, 2.05) is 0 Å². The first-order valence-corrected chi connectivity index (χ1v) is 13.5. The summed E-state index contributed by atoms with van der Waals surface area (Å²) in [6.45, 7) is 10.8. The van der Waals surface area contributed by atoms with Crippen molar-refractivity contribution in [2.75, 3.05) is 10.6 Å².